The molecule has 10 aromatic carbocycles. The quantitative estimate of drug-likeness (QED) is 0.165. The Morgan fingerprint density at radius 3 is 0.705 bits per heavy atom. The van der Waals surface area contributed by atoms with Gasteiger partial charge in [0.05, 0.1) is 0 Å². The highest BCUT2D eigenvalue weighted by Gasteiger charge is 2.59. The number of hydrogen-bond acceptors (Lipinski definition) is 0. The average Bonchev–Trinajstić information content (AvgIpc) is 4.18. The molecule has 0 fully saturated rings. The van der Waals surface area contributed by atoms with Gasteiger partial charge in [-0.3, -0.25) is 0 Å². The van der Waals surface area contributed by atoms with Crippen LogP contribution in [0.5, 0.6) is 0 Å². The Labute approximate surface area is 456 Å². The van der Waals surface area contributed by atoms with Crippen molar-refractivity contribution < 1.29 is 13.2 Å². The fraction of sp³-hybridized carbons (Fsp3) is 0.200. The summed E-state index contributed by atoms with van der Waals surface area (Å²) in [5.41, 5.74) is 24.9. The zero-order valence-electron chi connectivity index (χ0n) is 45.6. The molecule has 0 bridgehead atoms. The Balaban J connectivity index is 1.00. The minimum Gasteiger partial charge on any atom is -0.170 e. The largest absolute Gasteiger partial charge is 0.402 e. The summed E-state index contributed by atoms with van der Waals surface area (Å²) in [5.74, 6) is 0. The van der Waals surface area contributed by atoms with E-state index in [1.54, 1.807) is 0 Å². The average molecular weight is 1020 g/mol. The number of fused-ring (bicyclic) bond motifs is 15. The van der Waals surface area contributed by atoms with Crippen molar-refractivity contribution in [3.8, 4) is 100 Å². The van der Waals surface area contributed by atoms with Crippen molar-refractivity contribution in [2.24, 2.45) is 0 Å². The van der Waals surface area contributed by atoms with Gasteiger partial charge in [0.1, 0.15) is 5.41 Å². The molecular formula is C75H59F3. The van der Waals surface area contributed by atoms with Crippen LogP contribution in [0.25, 0.3) is 100 Å². The molecule has 78 heavy (non-hydrogen) atoms. The Morgan fingerprint density at radius 2 is 0.449 bits per heavy atom. The summed E-state index contributed by atoms with van der Waals surface area (Å²) in [7, 11) is 0. The van der Waals surface area contributed by atoms with Crippen LogP contribution in [-0.4, -0.2) is 6.18 Å². The van der Waals surface area contributed by atoms with Crippen LogP contribution in [0.15, 0.2) is 194 Å². The van der Waals surface area contributed by atoms with E-state index < -0.39 is 11.6 Å². The second-order valence-corrected chi connectivity index (χ2v) is 25.2. The van der Waals surface area contributed by atoms with Crippen LogP contribution in [0, 0.1) is 0 Å². The molecule has 0 radical (unpaired) electrons. The highest BCUT2D eigenvalue weighted by molar-refractivity contribution is 6.00. The summed E-state index contributed by atoms with van der Waals surface area (Å²) in [6, 6.07) is 69.2. The summed E-state index contributed by atoms with van der Waals surface area (Å²) in [4.78, 5) is 0. The second kappa shape index (κ2) is 15.4. The molecule has 0 spiro atoms. The van der Waals surface area contributed by atoms with Crippen molar-refractivity contribution in [1.82, 2.24) is 0 Å². The zero-order valence-corrected chi connectivity index (χ0v) is 45.6. The first-order valence-electron chi connectivity index (χ1n) is 27.6. The van der Waals surface area contributed by atoms with E-state index in [1.165, 1.54) is 95.9 Å². The lowest BCUT2D eigenvalue weighted by Gasteiger charge is -2.31. The standard InChI is InChI=1S/C75H59F3/c1-70(2)60-22-14-10-18-46(60)50-30-26-42(34-64(50)70)54-38-58-59-39-55(43-27-31-51-47-19-11-15-23-61(47)71(3,4)65(51)35-43)57(45-29-33-53-49-21-13-17-25-63(49)73(7,8)67(53)37-45)41-69(59)74(9,75(76,77)78)68(58)40-56(54)44-28-32-52-48-20-12-16-24-62(48)72(5,6)66(52)36-44/h10-41H,1-9H3. The van der Waals surface area contributed by atoms with E-state index in [0.717, 1.165) is 44.5 Å². The Morgan fingerprint density at radius 1 is 0.218 bits per heavy atom. The molecule has 380 valence electrons. The minimum atomic E-state index is -4.65. The molecule has 0 amide bonds. The normalized spacial score (nSPS) is 17.0. The number of halogens is 3. The third-order valence-electron chi connectivity index (χ3n) is 19.8. The van der Waals surface area contributed by atoms with Gasteiger partial charge >= 0.3 is 6.18 Å². The van der Waals surface area contributed by atoms with Crippen LogP contribution in [0.3, 0.4) is 0 Å². The van der Waals surface area contributed by atoms with Gasteiger partial charge in [-0.25, -0.2) is 0 Å². The van der Waals surface area contributed by atoms with Gasteiger partial charge in [0.2, 0.25) is 0 Å². The summed E-state index contributed by atoms with van der Waals surface area (Å²) < 4.78 is 51.0. The van der Waals surface area contributed by atoms with Crippen LogP contribution in [0.2, 0.25) is 0 Å². The molecule has 0 heterocycles. The monoisotopic (exact) mass is 1020 g/mol. The number of hydrogen-bond donors (Lipinski definition) is 0. The first kappa shape index (κ1) is 47.2. The maximum absolute atomic E-state index is 17.0. The Hall–Kier alpha value is -8.01. The van der Waals surface area contributed by atoms with Gasteiger partial charge < -0.3 is 0 Å². The Bertz CT molecular complexity index is 4050. The van der Waals surface area contributed by atoms with Crippen molar-refractivity contribution in [2.75, 3.05) is 0 Å². The van der Waals surface area contributed by atoms with Gasteiger partial charge in [-0.2, -0.15) is 13.2 Å². The van der Waals surface area contributed by atoms with Crippen LogP contribution in [-0.2, 0) is 27.1 Å². The van der Waals surface area contributed by atoms with E-state index in [4.69, 9.17) is 0 Å². The van der Waals surface area contributed by atoms with E-state index in [9.17, 15) is 0 Å². The SMILES string of the molecule is CC1(C)c2ccccc2-c2ccc(-c3cc4c(cc3-c3ccc5c(c3)C(C)(C)c3ccccc3-5)C(C)(C(F)(F)F)c3cc(-c5ccc6c(c5)C(C)(C)c5ccccc5-6)c(-c5ccc6c(c5)C(C)(C)c5ccccc5-6)cc3-4)cc21. The van der Waals surface area contributed by atoms with Crippen molar-refractivity contribution in [1.29, 1.82) is 0 Å². The van der Waals surface area contributed by atoms with Crippen LogP contribution in [0.4, 0.5) is 13.2 Å². The van der Waals surface area contributed by atoms with Gasteiger partial charge in [0, 0.05) is 21.7 Å². The van der Waals surface area contributed by atoms with Crippen molar-refractivity contribution >= 4 is 0 Å². The highest BCUT2D eigenvalue weighted by Crippen LogP contribution is 2.62. The molecule has 0 saturated heterocycles. The molecule has 0 saturated carbocycles. The maximum Gasteiger partial charge on any atom is 0.402 e. The van der Waals surface area contributed by atoms with Crippen molar-refractivity contribution in [3.63, 3.8) is 0 Å². The minimum absolute atomic E-state index is 0.278. The summed E-state index contributed by atoms with van der Waals surface area (Å²) in [6.07, 6.45) is -4.65. The second-order valence-electron chi connectivity index (χ2n) is 25.2. The van der Waals surface area contributed by atoms with Gasteiger partial charge in [0.15, 0.2) is 0 Å². The zero-order chi connectivity index (χ0) is 53.8. The lowest BCUT2D eigenvalue weighted by molar-refractivity contribution is -0.172. The molecule has 0 unspecified atom stereocenters. The molecule has 0 aliphatic heterocycles. The third-order valence-corrected chi connectivity index (χ3v) is 19.8. The fourth-order valence-electron chi connectivity index (χ4n) is 15.4. The first-order valence-corrected chi connectivity index (χ1v) is 27.6. The molecule has 3 heteroatoms. The van der Waals surface area contributed by atoms with Gasteiger partial charge in [-0.05, 0) is 211 Å². The van der Waals surface area contributed by atoms with E-state index in [1.807, 2.05) is 12.1 Å². The summed E-state index contributed by atoms with van der Waals surface area (Å²) >= 11 is 0. The van der Waals surface area contributed by atoms with Crippen molar-refractivity contribution in [2.45, 2.75) is 95.6 Å². The first-order chi connectivity index (χ1) is 37.2. The topological polar surface area (TPSA) is 0 Å². The van der Waals surface area contributed by atoms with Crippen LogP contribution in [0.1, 0.15) is 118 Å². The maximum atomic E-state index is 17.0. The van der Waals surface area contributed by atoms with Crippen LogP contribution >= 0.6 is 0 Å². The molecule has 5 aliphatic carbocycles. The molecule has 0 nitrogen and oxygen atoms in total. The van der Waals surface area contributed by atoms with Crippen molar-refractivity contribution in [3.05, 3.63) is 250 Å². The highest BCUT2D eigenvalue weighted by atomic mass is 19.4. The smallest absolute Gasteiger partial charge is 0.170 e. The van der Waals surface area contributed by atoms with Gasteiger partial charge in [-0.1, -0.05) is 201 Å². The van der Waals surface area contributed by atoms with Gasteiger partial charge in [0.25, 0.3) is 0 Å². The Kier molecular flexibility index (Phi) is 9.31. The van der Waals surface area contributed by atoms with Crippen LogP contribution < -0.4 is 0 Å². The third kappa shape index (κ3) is 6.03. The van der Waals surface area contributed by atoms with E-state index in [2.05, 4.69) is 237 Å². The molecular weight excluding hydrogens is 958 g/mol. The lowest BCUT2D eigenvalue weighted by atomic mass is 9.75. The summed E-state index contributed by atoms with van der Waals surface area (Å²) in [5, 5.41) is 0. The number of alkyl halides is 3. The predicted octanol–water partition coefficient (Wildman–Crippen LogP) is 20.4. The molecule has 0 aromatic heterocycles. The molecule has 10 aromatic rings. The summed E-state index contributed by atoms with van der Waals surface area (Å²) in [6.45, 7) is 19.6. The molecule has 0 atom stereocenters. The van der Waals surface area contributed by atoms with Gasteiger partial charge in [-0.15, -0.1) is 0 Å². The molecule has 5 aliphatic rings. The fourth-order valence-corrected chi connectivity index (χ4v) is 15.4. The predicted molar refractivity (Wildman–Crippen MR) is 316 cm³/mol. The number of benzene rings is 10. The molecule has 0 N–H and O–H groups in total. The number of rotatable bonds is 4. The lowest BCUT2D eigenvalue weighted by Crippen LogP contribution is -2.39. The van der Waals surface area contributed by atoms with E-state index >= 15 is 13.2 Å². The molecule has 15 rings (SSSR count). The van der Waals surface area contributed by atoms with E-state index in [-0.39, 0.29) is 32.8 Å². The van der Waals surface area contributed by atoms with E-state index in [0.29, 0.717) is 11.1 Å².